The predicted octanol–water partition coefficient (Wildman–Crippen LogP) is 3.22. The zero-order valence-electron chi connectivity index (χ0n) is 17.8. The minimum Gasteiger partial charge on any atom is -0.357 e. The number of aryl methyl sites for hydroxylation is 1. The fourth-order valence-corrected chi connectivity index (χ4v) is 3.52. The molecule has 0 saturated carbocycles. The van der Waals surface area contributed by atoms with Crippen LogP contribution in [0.5, 0.6) is 0 Å². The lowest BCUT2D eigenvalue weighted by Gasteiger charge is -2.20. The summed E-state index contributed by atoms with van der Waals surface area (Å²) >= 11 is 6.27. The molecule has 1 saturated heterocycles. The molecule has 0 radical (unpaired) electrons. The summed E-state index contributed by atoms with van der Waals surface area (Å²) < 4.78 is 0. The van der Waals surface area contributed by atoms with Gasteiger partial charge in [0.05, 0.1) is 11.6 Å². The normalized spacial score (nSPS) is 15.9. The van der Waals surface area contributed by atoms with Gasteiger partial charge in [0.15, 0.2) is 5.96 Å². The van der Waals surface area contributed by atoms with Crippen LogP contribution in [0.4, 0.5) is 11.6 Å². The Kier molecular flexibility index (Phi) is 10.3. The van der Waals surface area contributed by atoms with E-state index >= 15 is 0 Å². The molecule has 10 heteroatoms. The molecule has 3 rings (SSSR count). The number of hydrogen-bond acceptors (Lipinski definition) is 5. The summed E-state index contributed by atoms with van der Waals surface area (Å²) in [6, 6.07) is 9.45. The van der Waals surface area contributed by atoms with E-state index in [2.05, 4.69) is 35.8 Å². The van der Waals surface area contributed by atoms with E-state index in [1.807, 2.05) is 38.1 Å². The van der Waals surface area contributed by atoms with E-state index in [0.29, 0.717) is 23.3 Å². The minimum absolute atomic E-state index is 0. The van der Waals surface area contributed by atoms with Crippen LogP contribution in [0.15, 0.2) is 41.5 Å². The summed E-state index contributed by atoms with van der Waals surface area (Å²) in [5.41, 5.74) is 0.863. The maximum atomic E-state index is 12.2. The number of aromatic nitrogens is 2. The molecule has 3 heterocycles. The van der Waals surface area contributed by atoms with Crippen LogP contribution in [0.25, 0.3) is 0 Å². The Labute approximate surface area is 205 Å². The molecule has 1 aliphatic heterocycles. The van der Waals surface area contributed by atoms with Crippen molar-refractivity contribution in [1.82, 2.24) is 20.6 Å². The molecular formula is C21H29ClIN7O. The van der Waals surface area contributed by atoms with Crippen molar-refractivity contribution >= 4 is 59.1 Å². The maximum absolute atomic E-state index is 12.2. The standard InChI is InChI=1S/C21H28ClN7O.HI/c1-3-23-21(25-12-9-19(30)28-18-8-4-6-15(2)26-18)27-16-10-13-29(14-16)20-17(22)7-5-11-24-20;/h4-8,11,16H,3,9-10,12-14H2,1-2H3,(H2,23,25,27)(H,26,28,30);1H. The number of guanidine groups is 1. The average molecular weight is 558 g/mol. The van der Waals surface area contributed by atoms with E-state index in [1.54, 1.807) is 12.3 Å². The second-order valence-electron chi connectivity index (χ2n) is 7.11. The van der Waals surface area contributed by atoms with E-state index in [-0.39, 0.29) is 42.3 Å². The van der Waals surface area contributed by atoms with Gasteiger partial charge in [-0.15, -0.1) is 24.0 Å². The Morgan fingerprint density at radius 1 is 1.32 bits per heavy atom. The number of carbonyl (C=O) groups excluding carboxylic acids is 1. The molecule has 0 spiro atoms. The number of pyridine rings is 2. The van der Waals surface area contributed by atoms with E-state index in [1.165, 1.54) is 0 Å². The summed E-state index contributed by atoms with van der Waals surface area (Å²) in [5, 5.41) is 10.2. The Hall–Kier alpha value is -2.14. The molecule has 0 aliphatic carbocycles. The molecule has 3 N–H and O–H groups in total. The smallest absolute Gasteiger partial charge is 0.227 e. The first-order valence-corrected chi connectivity index (χ1v) is 10.6. The van der Waals surface area contributed by atoms with Gasteiger partial charge in [-0.3, -0.25) is 9.79 Å². The first-order chi connectivity index (χ1) is 14.5. The van der Waals surface area contributed by atoms with Crippen LogP contribution in [0.3, 0.4) is 0 Å². The van der Waals surface area contributed by atoms with Crippen molar-refractivity contribution in [2.24, 2.45) is 4.99 Å². The molecule has 0 aromatic carbocycles. The highest BCUT2D eigenvalue weighted by Crippen LogP contribution is 2.25. The second kappa shape index (κ2) is 12.7. The number of nitrogens with one attached hydrogen (secondary N) is 3. The SMILES string of the molecule is CCNC(=NCCC(=O)Nc1cccc(C)n1)NC1CCN(c2ncccc2Cl)C1.I. The van der Waals surface area contributed by atoms with E-state index in [4.69, 9.17) is 11.6 Å². The zero-order chi connectivity index (χ0) is 21.3. The Balaban J connectivity index is 0.00000341. The Morgan fingerprint density at radius 2 is 2.16 bits per heavy atom. The zero-order valence-corrected chi connectivity index (χ0v) is 20.9. The first kappa shape index (κ1) is 25.1. The van der Waals surface area contributed by atoms with Crippen molar-refractivity contribution < 1.29 is 4.79 Å². The van der Waals surface area contributed by atoms with Gasteiger partial charge in [0.25, 0.3) is 0 Å². The number of aliphatic imine (C=N–C) groups is 1. The molecule has 0 bridgehead atoms. The molecule has 8 nitrogen and oxygen atoms in total. The lowest BCUT2D eigenvalue weighted by molar-refractivity contribution is -0.116. The molecule has 1 atom stereocenters. The highest BCUT2D eigenvalue weighted by atomic mass is 127. The Morgan fingerprint density at radius 3 is 2.90 bits per heavy atom. The summed E-state index contributed by atoms with van der Waals surface area (Å²) in [6.45, 7) is 6.70. The fourth-order valence-electron chi connectivity index (χ4n) is 3.28. The van der Waals surface area contributed by atoms with E-state index in [0.717, 1.165) is 37.6 Å². The molecular weight excluding hydrogens is 529 g/mol. The third-order valence-corrected chi connectivity index (χ3v) is 4.97. The van der Waals surface area contributed by atoms with E-state index < -0.39 is 0 Å². The maximum Gasteiger partial charge on any atom is 0.227 e. The predicted molar refractivity (Wildman–Crippen MR) is 137 cm³/mol. The van der Waals surface area contributed by atoms with Crippen molar-refractivity contribution in [2.45, 2.75) is 32.7 Å². The van der Waals surface area contributed by atoms with Gasteiger partial charge in [-0.05, 0) is 44.5 Å². The van der Waals surface area contributed by atoms with Gasteiger partial charge < -0.3 is 20.9 Å². The van der Waals surface area contributed by atoms with Crippen LogP contribution in [-0.2, 0) is 4.79 Å². The molecule has 1 aliphatic rings. The lowest BCUT2D eigenvalue weighted by atomic mass is 10.3. The van der Waals surface area contributed by atoms with Crippen LogP contribution < -0.4 is 20.9 Å². The van der Waals surface area contributed by atoms with Crippen LogP contribution in [0.2, 0.25) is 5.02 Å². The molecule has 2 aromatic rings. The van der Waals surface area contributed by atoms with Crippen molar-refractivity contribution in [3.63, 3.8) is 0 Å². The van der Waals surface area contributed by atoms with Gasteiger partial charge >= 0.3 is 0 Å². The third kappa shape index (κ3) is 7.80. The third-order valence-electron chi connectivity index (χ3n) is 4.68. The number of anilines is 2. The molecule has 1 amide bonds. The summed E-state index contributed by atoms with van der Waals surface area (Å²) in [6.07, 6.45) is 2.99. The van der Waals surface area contributed by atoms with Gasteiger partial charge in [0.2, 0.25) is 5.91 Å². The summed E-state index contributed by atoms with van der Waals surface area (Å²) in [5.74, 6) is 1.97. The van der Waals surface area contributed by atoms with Crippen LogP contribution in [0, 0.1) is 6.92 Å². The second-order valence-corrected chi connectivity index (χ2v) is 7.52. The van der Waals surface area contributed by atoms with Gasteiger partial charge in [-0.2, -0.15) is 0 Å². The number of amides is 1. The quantitative estimate of drug-likeness (QED) is 0.275. The largest absolute Gasteiger partial charge is 0.357 e. The monoisotopic (exact) mass is 557 g/mol. The Bertz CT molecular complexity index is 896. The van der Waals surface area contributed by atoms with Gasteiger partial charge in [-0.1, -0.05) is 17.7 Å². The van der Waals surface area contributed by atoms with Crippen LogP contribution in [0.1, 0.15) is 25.5 Å². The van der Waals surface area contributed by atoms with Gasteiger partial charge in [-0.25, -0.2) is 9.97 Å². The molecule has 31 heavy (non-hydrogen) atoms. The molecule has 2 aromatic heterocycles. The van der Waals surface area contributed by atoms with Crippen molar-refractivity contribution in [3.8, 4) is 0 Å². The summed E-state index contributed by atoms with van der Waals surface area (Å²) in [4.78, 5) is 27.5. The fraction of sp³-hybridized carbons (Fsp3) is 0.429. The number of hydrogen-bond donors (Lipinski definition) is 3. The van der Waals surface area contributed by atoms with Crippen LogP contribution in [-0.4, -0.2) is 54.1 Å². The number of halogens is 2. The highest BCUT2D eigenvalue weighted by Gasteiger charge is 2.25. The minimum atomic E-state index is -0.107. The highest BCUT2D eigenvalue weighted by molar-refractivity contribution is 14.0. The molecule has 168 valence electrons. The first-order valence-electron chi connectivity index (χ1n) is 10.2. The lowest BCUT2D eigenvalue weighted by Crippen LogP contribution is -2.44. The molecule has 1 fully saturated rings. The summed E-state index contributed by atoms with van der Waals surface area (Å²) in [7, 11) is 0. The molecule has 1 unspecified atom stereocenters. The topological polar surface area (TPSA) is 94.5 Å². The van der Waals surface area contributed by atoms with Crippen molar-refractivity contribution in [2.75, 3.05) is 36.4 Å². The van der Waals surface area contributed by atoms with Crippen molar-refractivity contribution in [1.29, 1.82) is 0 Å². The van der Waals surface area contributed by atoms with Crippen molar-refractivity contribution in [3.05, 3.63) is 47.2 Å². The van der Waals surface area contributed by atoms with E-state index in [9.17, 15) is 4.79 Å². The number of rotatable bonds is 7. The number of carbonyl (C=O) groups is 1. The van der Waals surface area contributed by atoms with Crippen LogP contribution >= 0.6 is 35.6 Å². The number of nitrogens with zero attached hydrogens (tertiary/aromatic N) is 4. The average Bonchev–Trinajstić information content (AvgIpc) is 3.16. The van der Waals surface area contributed by atoms with Gasteiger partial charge in [0, 0.05) is 44.0 Å². The van der Waals surface area contributed by atoms with Gasteiger partial charge in [0.1, 0.15) is 11.6 Å².